The standard InChI is InChI=1S/C14H22N2O/c15-9-13(12-7-4-8-16-10-12)14(17)11-5-2-1-3-6-11/h4,7-8,10-11,13-14,17H,1-3,5-6,9,15H2. The van der Waals surface area contributed by atoms with E-state index in [-0.39, 0.29) is 12.0 Å². The summed E-state index contributed by atoms with van der Waals surface area (Å²) in [7, 11) is 0. The molecule has 2 atom stereocenters. The van der Waals surface area contributed by atoms with Crippen molar-refractivity contribution < 1.29 is 5.11 Å². The molecule has 2 unspecified atom stereocenters. The van der Waals surface area contributed by atoms with E-state index in [1.165, 1.54) is 19.3 Å². The van der Waals surface area contributed by atoms with Crippen molar-refractivity contribution in [3.8, 4) is 0 Å². The van der Waals surface area contributed by atoms with Crippen LogP contribution in [0, 0.1) is 5.92 Å². The zero-order valence-corrected chi connectivity index (χ0v) is 10.3. The average molecular weight is 234 g/mol. The molecule has 1 heterocycles. The number of rotatable bonds is 4. The Bertz CT molecular complexity index is 322. The highest BCUT2D eigenvalue weighted by molar-refractivity contribution is 5.17. The Morgan fingerprint density at radius 2 is 2.12 bits per heavy atom. The molecular weight excluding hydrogens is 212 g/mol. The minimum Gasteiger partial charge on any atom is -0.392 e. The van der Waals surface area contributed by atoms with Crippen molar-refractivity contribution in [2.75, 3.05) is 6.54 Å². The van der Waals surface area contributed by atoms with Gasteiger partial charge in [0, 0.05) is 24.9 Å². The first-order valence-corrected chi connectivity index (χ1v) is 6.61. The van der Waals surface area contributed by atoms with Crippen LogP contribution in [-0.4, -0.2) is 22.7 Å². The van der Waals surface area contributed by atoms with E-state index in [2.05, 4.69) is 4.98 Å². The van der Waals surface area contributed by atoms with Crippen LogP contribution >= 0.6 is 0 Å². The van der Waals surface area contributed by atoms with Crippen LogP contribution in [0.15, 0.2) is 24.5 Å². The summed E-state index contributed by atoms with van der Waals surface area (Å²) >= 11 is 0. The Morgan fingerprint density at radius 1 is 1.35 bits per heavy atom. The molecule has 2 rings (SSSR count). The summed E-state index contributed by atoms with van der Waals surface area (Å²) in [6, 6.07) is 3.92. The van der Waals surface area contributed by atoms with Crippen LogP contribution < -0.4 is 5.73 Å². The molecule has 17 heavy (non-hydrogen) atoms. The predicted octanol–water partition coefficient (Wildman–Crippen LogP) is 2.07. The molecule has 1 aliphatic carbocycles. The van der Waals surface area contributed by atoms with Gasteiger partial charge in [-0.3, -0.25) is 4.98 Å². The summed E-state index contributed by atoms with van der Waals surface area (Å²) in [6.07, 6.45) is 9.33. The largest absolute Gasteiger partial charge is 0.392 e. The van der Waals surface area contributed by atoms with Crippen LogP contribution in [0.3, 0.4) is 0 Å². The van der Waals surface area contributed by atoms with Crippen molar-refractivity contribution in [3.05, 3.63) is 30.1 Å². The molecule has 0 amide bonds. The van der Waals surface area contributed by atoms with Gasteiger partial charge in [-0.1, -0.05) is 25.3 Å². The molecule has 1 aromatic heterocycles. The van der Waals surface area contributed by atoms with Gasteiger partial charge in [0.1, 0.15) is 0 Å². The molecular formula is C14H22N2O. The second-order valence-electron chi connectivity index (χ2n) is 5.02. The van der Waals surface area contributed by atoms with Gasteiger partial charge in [0.25, 0.3) is 0 Å². The first kappa shape index (κ1) is 12.5. The lowest BCUT2D eigenvalue weighted by molar-refractivity contribution is 0.0623. The third-order valence-electron chi connectivity index (χ3n) is 3.91. The average Bonchev–Trinajstić information content (AvgIpc) is 2.42. The highest BCUT2D eigenvalue weighted by Crippen LogP contribution is 2.32. The monoisotopic (exact) mass is 234 g/mol. The third kappa shape index (κ3) is 3.05. The Balaban J connectivity index is 2.07. The maximum Gasteiger partial charge on any atom is 0.0649 e. The molecule has 0 aromatic carbocycles. The van der Waals surface area contributed by atoms with Gasteiger partial charge in [-0.2, -0.15) is 0 Å². The molecule has 0 aliphatic heterocycles. The number of aliphatic hydroxyl groups excluding tert-OH is 1. The van der Waals surface area contributed by atoms with Crippen molar-refractivity contribution >= 4 is 0 Å². The van der Waals surface area contributed by atoms with Crippen molar-refractivity contribution in [1.82, 2.24) is 4.98 Å². The van der Waals surface area contributed by atoms with E-state index >= 15 is 0 Å². The molecule has 3 N–H and O–H groups in total. The highest BCUT2D eigenvalue weighted by Gasteiger charge is 2.29. The molecule has 0 spiro atoms. The Labute approximate surface area is 103 Å². The summed E-state index contributed by atoms with van der Waals surface area (Å²) in [5.74, 6) is 0.448. The van der Waals surface area contributed by atoms with Crippen molar-refractivity contribution in [1.29, 1.82) is 0 Å². The van der Waals surface area contributed by atoms with Gasteiger partial charge in [0.15, 0.2) is 0 Å². The molecule has 1 aromatic rings. The summed E-state index contributed by atoms with van der Waals surface area (Å²) < 4.78 is 0. The fraction of sp³-hybridized carbons (Fsp3) is 0.643. The lowest BCUT2D eigenvalue weighted by atomic mass is 9.78. The number of hydrogen-bond donors (Lipinski definition) is 2. The molecule has 3 heteroatoms. The fourth-order valence-corrected chi connectivity index (χ4v) is 2.87. The van der Waals surface area contributed by atoms with Gasteiger partial charge >= 0.3 is 0 Å². The molecule has 0 radical (unpaired) electrons. The van der Waals surface area contributed by atoms with Crippen LogP contribution in [0.1, 0.15) is 43.6 Å². The number of nitrogens with two attached hydrogens (primary N) is 1. The van der Waals surface area contributed by atoms with Crippen LogP contribution in [0.25, 0.3) is 0 Å². The van der Waals surface area contributed by atoms with Crippen LogP contribution in [-0.2, 0) is 0 Å². The van der Waals surface area contributed by atoms with Crippen LogP contribution in [0.2, 0.25) is 0 Å². The molecule has 0 saturated heterocycles. The topological polar surface area (TPSA) is 59.1 Å². The lowest BCUT2D eigenvalue weighted by Crippen LogP contribution is -2.33. The number of pyridine rings is 1. The van der Waals surface area contributed by atoms with E-state index in [0.29, 0.717) is 12.5 Å². The second-order valence-corrected chi connectivity index (χ2v) is 5.02. The van der Waals surface area contributed by atoms with Gasteiger partial charge in [-0.05, 0) is 30.4 Å². The minimum absolute atomic E-state index is 0.0341. The predicted molar refractivity (Wildman–Crippen MR) is 68.6 cm³/mol. The summed E-state index contributed by atoms with van der Waals surface area (Å²) in [6.45, 7) is 0.489. The van der Waals surface area contributed by atoms with E-state index in [1.54, 1.807) is 6.20 Å². The Morgan fingerprint density at radius 3 is 2.71 bits per heavy atom. The maximum absolute atomic E-state index is 10.5. The van der Waals surface area contributed by atoms with Crippen LogP contribution in [0.4, 0.5) is 0 Å². The zero-order valence-electron chi connectivity index (χ0n) is 10.3. The normalized spacial score (nSPS) is 21.1. The number of nitrogens with zero attached hydrogens (tertiary/aromatic N) is 1. The van der Waals surface area contributed by atoms with Gasteiger partial charge in [0.05, 0.1) is 6.10 Å². The number of hydrogen-bond acceptors (Lipinski definition) is 3. The summed E-state index contributed by atoms with van der Waals surface area (Å²) in [5, 5.41) is 10.5. The molecule has 0 bridgehead atoms. The Hall–Kier alpha value is -0.930. The first-order chi connectivity index (χ1) is 8.33. The number of aliphatic hydroxyl groups is 1. The van der Waals surface area contributed by atoms with E-state index in [0.717, 1.165) is 18.4 Å². The van der Waals surface area contributed by atoms with E-state index in [1.807, 2.05) is 18.3 Å². The zero-order chi connectivity index (χ0) is 12.1. The van der Waals surface area contributed by atoms with Crippen molar-refractivity contribution in [3.63, 3.8) is 0 Å². The van der Waals surface area contributed by atoms with Gasteiger partial charge in [-0.25, -0.2) is 0 Å². The Kier molecular flexibility index (Phi) is 4.51. The lowest BCUT2D eigenvalue weighted by Gasteiger charge is -2.31. The molecule has 1 aliphatic rings. The number of aromatic nitrogens is 1. The summed E-state index contributed by atoms with van der Waals surface area (Å²) in [5.41, 5.74) is 6.89. The first-order valence-electron chi connectivity index (χ1n) is 6.61. The van der Waals surface area contributed by atoms with Gasteiger partial charge in [-0.15, -0.1) is 0 Å². The molecule has 1 fully saturated rings. The van der Waals surface area contributed by atoms with E-state index in [9.17, 15) is 5.11 Å². The highest BCUT2D eigenvalue weighted by atomic mass is 16.3. The second kappa shape index (κ2) is 6.12. The van der Waals surface area contributed by atoms with Gasteiger partial charge < -0.3 is 10.8 Å². The third-order valence-corrected chi connectivity index (χ3v) is 3.91. The van der Waals surface area contributed by atoms with Crippen LogP contribution in [0.5, 0.6) is 0 Å². The minimum atomic E-state index is -0.315. The molecule has 3 nitrogen and oxygen atoms in total. The van der Waals surface area contributed by atoms with E-state index < -0.39 is 0 Å². The fourth-order valence-electron chi connectivity index (χ4n) is 2.87. The van der Waals surface area contributed by atoms with Crippen molar-refractivity contribution in [2.24, 2.45) is 11.7 Å². The summed E-state index contributed by atoms with van der Waals surface area (Å²) in [4.78, 5) is 4.11. The SMILES string of the molecule is NCC(c1cccnc1)C(O)C1CCCCC1. The molecule has 1 saturated carbocycles. The van der Waals surface area contributed by atoms with E-state index in [4.69, 9.17) is 5.73 Å². The van der Waals surface area contributed by atoms with Gasteiger partial charge in [0.2, 0.25) is 0 Å². The van der Waals surface area contributed by atoms with Crippen molar-refractivity contribution in [2.45, 2.75) is 44.1 Å². The maximum atomic E-state index is 10.5. The quantitative estimate of drug-likeness (QED) is 0.838. The molecule has 94 valence electrons. The smallest absolute Gasteiger partial charge is 0.0649 e.